The Kier molecular flexibility index (Phi) is 2.67. The molecule has 84 valence electrons. The van der Waals surface area contributed by atoms with Crippen LogP contribution in [0.15, 0.2) is 18.7 Å². The van der Waals surface area contributed by atoms with Crippen LogP contribution in [0.2, 0.25) is 0 Å². The molecule has 0 radical (unpaired) electrons. The Morgan fingerprint density at radius 1 is 1.38 bits per heavy atom. The summed E-state index contributed by atoms with van der Waals surface area (Å²) >= 11 is 0. The number of aryl methyl sites for hydroxylation is 1. The number of hydrogen-bond donors (Lipinski definition) is 2. The van der Waals surface area contributed by atoms with E-state index >= 15 is 0 Å². The van der Waals surface area contributed by atoms with Gasteiger partial charge in [-0.2, -0.15) is 0 Å². The summed E-state index contributed by atoms with van der Waals surface area (Å²) in [6.45, 7) is 1.96. The van der Waals surface area contributed by atoms with Gasteiger partial charge in [-0.3, -0.25) is 0 Å². The first kappa shape index (κ1) is 10.3. The molecule has 0 aliphatic carbocycles. The van der Waals surface area contributed by atoms with Crippen LogP contribution >= 0.6 is 0 Å². The van der Waals surface area contributed by atoms with Crippen LogP contribution < -0.4 is 11.1 Å². The lowest BCUT2D eigenvalue weighted by molar-refractivity contribution is 0.712. The van der Waals surface area contributed by atoms with Gasteiger partial charge in [0.1, 0.15) is 6.33 Å². The van der Waals surface area contributed by atoms with Gasteiger partial charge in [0.05, 0.1) is 24.1 Å². The summed E-state index contributed by atoms with van der Waals surface area (Å²) in [5, 5.41) is 10.9. The smallest absolute Gasteiger partial charge is 0.223 e. The molecule has 0 bridgehead atoms. The van der Waals surface area contributed by atoms with Crippen molar-refractivity contribution in [3.8, 4) is 0 Å². The fourth-order valence-corrected chi connectivity index (χ4v) is 1.35. The highest BCUT2D eigenvalue weighted by Gasteiger charge is 2.11. The van der Waals surface area contributed by atoms with Crippen molar-refractivity contribution >= 4 is 11.6 Å². The molecule has 0 saturated carbocycles. The fraction of sp³-hybridized carbons (Fsp3) is 0.333. The first-order chi connectivity index (χ1) is 7.66. The quantitative estimate of drug-likeness (QED) is 0.774. The Labute approximate surface area is 92.7 Å². The highest BCUT2D eigenvalue weighted by molar-refractivity contribution is 5.36. The number of nitrogens with zero attached hydrogens (tertiary/aromatic N) is 5. The van der Waals surface area contributed by atoms with E-state index in [1.54, 1.807) is 18.7 Å². The molecule has 1 unspecified atom stereocenters. The number of anilines is 2. The topological polar surface area (TPSA) is 94.5 Å². The number of aromatic nitrogens is 5. The van der Waals surface area contributed by atoms with Gasteiger partial charge in [0.25, 0.3) is 0 Å². The Bertz CT molecular complexity index is 461. The molecule has 0 aromatic carbocycles. The van der Waals surface area contributed by atoms with Crippen LogP contribution in [0.25, 0.3) is 0 Å². The molecule has 3 N–H and O–H groups in total. The molecule has 0 amide bonds. The summed E-state index contributed by atoms with van der Waals surface area (Å²) < 4.78 is 1.84. The number of nitrogens with one attached hydrogen (secondary N) is 1. The fourth-order valence-electron chi connectivity index (χ4n) is 1.35. The molecular weight excluding hydrogens is 206 g/mol. The maximum absolute atomic E-state index is 5.50. The molecule has 7 nitrogen and oxygen atoms in total. The number of nitrogens with two attached hydrogens (primary N) is 1. The zero-order valence-electron chi connectivity index (χ0n) is 9.12. The summed E-state index contributed by atoms with van der Waals surface area (Å²) in [4.78, 5) is 8.11. The molecule has 0 aliphatic heterocycles. The van der Waals surface area contributed by atoms with Crippen LogP contribution in [0.3, 0.4) is 0 Å². The second-order valence-electron chi connectivity index (χ2n) is 3.51. The van der Waals surface area contributed by atoms with Crippen molar-refractivity contribution in [2.24, 2.45) is 7.05 Å². The SMILES string of the molecule is CC(Nc1ncc(N)cn1)c1nncn1C. The second kappa shape index (κ2) is 4.13. The third kappa shape index (κ3) is 2.08. The summed E-state index contributed by atoms with van der Waals surface area (Å²) in [7, 11) is 1.89. The van der Waals surface area contributed by atoms with Gasteiger partial charge in [-0.15, -0.1) is 10.2 Å². The molecule has 2 aromatic heterocycles. The average molecular weight is 219 g/mol. The van der Waals surface area contributed by atoms with Crippen LogP contribution in [0, 0.1) is 0 Å². The summed E-state index contributed by atoms with van der Waals surface area (Å²) in [6, 6.07) is -0.0175. The molecule has 0 aliphatic rings. The lowest BCUT2D eigenvalue weighted by Gasteiger charge is -2.12. The number of nitrogen functional groups attached to an aromatic ring is 1. The van der Waals surface area contributed by atoms with E-state index in [4.69, 9.17) is 5.73 Å². The lowest BCUT2D eigenvalue weighted by Crippen LogP contribution is -2.13. The van der Waals surface area contributed by atoms with E-state index < -0.39 is 0 Å². The van der Waals surface area contributed by atoms with E-state index in [9.17, 15) is 0 Å². The van der Waals surface area contributed by atoms with Crippen LogP contribution in [0.1, 0.15) is 18.8 Å². The van der Waals surface area contributed by atoms with E-state index in [-0.39, 0.29) is 6.04 Å². The molecule has 0 fully saturated rings. The van der Waals surface area contributed by atoms with Crippen LogP contribution in [-0.2, 0) is 7.05 Å². The van der Waals surface area contributed by atoms with Gasteiger partial charge in [-0.25, -0.2) is 9.97 Å². The molecule has 0 saturated heterocycles. The van der Waals surface area contributed by atoms with Crippen molar-refractivity contribution in [2.45, 2.75) is 13.0 Å². The first-order valence-corrected chi connectivity index (χ1v) is 4.85. The van der Waals surface area contributed by atoms with Crippen molar-refractivity contribution in [3.63, 3.8) is 0 Å². The molecular formula is C9H13N7. The summed E-state index contributed by atoms with van der Waals surface area (Å²) in [5.41, 5.74) is 6.04. The molecule has 7 heteroatoms. The van der Waals surface area contributed by atoms with E-state index in [1.807, 2.05) is 18.5 Å². The van der Waals surface area contributed by atoms with Crippen LogP contribution in [-0.4, -0.2) is 24.7 Å². The predicted octanol–water partition coefficient (Wildman–Crippen LogP) is 0.360. The van der Waals surface area contributed by atoms with E-state index in [2.05, 4.69) is 25.5 Å². The summed E-state index contributed by atoms with van der Waals surface area (Å²) in [6.07, 6.45) is 4.76. The predicted molar refractivity (Wildman–Crippen MR) is 59.5 cm³/mol. The minimum absolute atomic E-state index is 0.0175. The van der Waals surface area contributed by atoms with E-state index in [0.29, 0.717) is 11.6 Å². The monoisotopic (exact) mass is 219 g/mol. The average Bonchev–Trinajstić information content (AvgIpc) is 2.68. The Morgan fingerprint density at radius 3 is 2.62 bits per heavy atom. The standard InChI is InChI=1S/C9H13N7/c1-6(8-15-13-5-16(8)2)14-9-11-3-7(10)4-12-9/h3-6H,10H2,1-2H3,(H,11,12,14). The Morgan fingerprint density at radius 2 is 2.06 bits per heavy atom. The highest BCUT2D eigenvalue weighted by atomic mass is 15.3. The third-order valence-corrected chi connectivity index (χ3v) is 2.15. The molecule has 1 atom stereocenters. The normalized spacial score (nSPS) is 12.4. The van der Waals surface area contributed by atoms with Crippen molar-refractivity contribution in [3.05, 3.63) is 24.5 Å². The molecule has 2 aromatic rings. The van der Waals surface area contributed by atoms with Gasteiger partial charge in [-0.05, 0) is 6.92 Å². The molecule has 16 heavy (non-hydrogen) atoms. The number of rotatable bonds is 3. The maximum atomic E-state index is 5.50. The molecule has 2 rings (SSSR count). The summed E-state index contributed by atoms with van der Waals surface area (Å²) in [5.74, 6) is 1.34. The van der Waals surface area contributed by atoms with Crippen molar-refractivity contribution in [1.82, 2.24) is 24.7 Å². The Balaban J connectivity index is 2.10. The molecule has 0 spiro atoms. The van der Waals surface area contributed by atoms with E-state index in [0.717, 1.165) is 5.82 Å². The maximum Gasteiger partial charge on any atom is 0.223 e. The van der Waals surface area contributed by atoms with Gasteiger partial charge in [0.15, 0.2) is 5.82 Å². The van der Waals surface area contributed by atoms with Gasteiger partial charge >= 0.3 is 0 Å². The van der Waals surface area contributed by atoms with E-state index in [1.165, 1.54) is 0 Å². The largest absolute Gasteiger partial charge is 0.396 e. The van der Waals surface area contributed by atoms with Crippen LogP contribution in [0.5, 0.6) is 0 Å². The van der Waals surface area contributed by atoms with Gasteiger partial charge < -0.3 is 15.6 Å². The van der Waals surface area contributed by atoms with Gasteiger partial charge in [-0.1, -0.05) is 0 Å². The minimum atomic E-state index is -0.0175. The Hall–Kier alpha value is -2.18. The van der Waals surface area contributed by atoms with Gasteiger partial charge in [0, 0.05) is 7.05 Å². The minimum Gasteiger partial charge on any atom is -0.396 e. The van der Waals surface area contributed by atoms with Crippen molar-refractivity contribution in [1.29, 1.82) is 0 Å². The number of hydrogen-bond acceptors (Lipinski definition) is 6. The zero-order chi connectivity index (χ0) is 11.5. The van der Waals surface area contributed by atoms with Crippen molar-refractivity contribution in [2.75, 3.05) is 11.1 Å². The van der Waals surface area contributed by atoms with Crippen LogP contribution in [0.4, 0.5) is 11.6 Å². The third-order valence-electron chi connectivity index (χ3n) is 2.15. The second-order valence-corrected chi connectivity index (χ2v) is 3.51. The zero-order valence-corrected chi connectivity index (χ0v) is 9.12. The molecule has 2 heterocycles. The highest BCUT2D eigenvalue weighted by Crippen LogP contribution is 2.13. The first-order valence-electron chi connectivity index (χ1n) is 4.85. The van der Waals surface area contributed by atoms with Gasteiger partial charge in [0.2, 0.25) is 5.95 Å². The lowest BCUT2D eigenvalue weighted by atomic mass is 10.3. The van der Waals surface area contributed by atoms with Crippen molar-refractivity contribution < 1.29 is 0 Å².